The summed E-state index contributed by atoms with van der Waals surface area (Å²) in [6, 6.07) is 0. The van der Waals surface area contributed by atoms with Gasteiger partial charge in [-0.1, -0.05) is 0 Å². The van der Waals surface area contributed by atoms with Gasteiger partial charge >= 0.3 is 0 Å². The molecule has 0 spiro atoms. The van der Waals surface area contributed by atoms with Gasteiger partial charge in [0.05, 0.1) is 13.1 Å². The lowest BCUT2D eigenvalue weighted by Gasteiger charge is -2.18. The zero-order valence-corrected chi connectivity index (χ0v) is 15.4. The Balaban J connectivity index is 1.82. The average molecular weight is 355 g/mol. The third kappa shape index (κ3) is 3.35. The van der Waals surface area contributed by atoms with Crippen molar-refractivity contribution >= 4 is 24.4 Å². The van der Waals surface area contributed by atoms with Gasteiger partial charge in [0.15, 0.2) is 15.3 Å². The van der Waals surface area contributed by atoms with Gasteiger partial charge in [-0.15, -0.1) is 0 Å². The molecule has 23 heavy (non-hydrogen) atoms. The van der Waals surface area contributed by atoms with Crippen LogP contribution < -0.4 is 0 Å². The van der Waals surface area contributed by atoms with E-state index in [1.807, 2.05) is 71.0 Å². The third-order valence-corrected chi connectivity index (χ3v) is 5.12. The van der Waals surface area contributed by atoms with Crippen LogP contribution in [0.2, 0.25) is 0 Å². The Morgan fingerprint density at radius 1 is 0.870 bits per heavy atom. The van der Waals surface area contributed by atoms with E-state index in [0.29, 0.717) is 13.1 Å². The van der Waals surface area contributed by atoms with Crippen LogP contribution >= 0.6 is 24.4 Å². The molecule has 3 rings (SSSR count). The second kappa shape index (κ2) is 6.01. The molecule has 0 amide bonds. The number of nitrogens with zero attached hydrogens (tertiary/aromatic N) is 4. The predicted octanol–water partition coefficient (Wildman–Crippen LogP) is 2.65. The van der Waals surface area contributed by atoms with Gasteiger partial charge in [-0.25, -0.2) is 0 Å². The number of hydrogen-bond donors (Lipinski definition) is 0. The van der Waals surface area contributed by atoms with Gasteiger partial charge in [0.25, 0.3) is 0 Å². The summed E-state index contributed by atoms with van der Waals surface area (Å²) >= 11 is 10.8. The van der Waals surface area contributed by atoms with E-state index >= 15 is 0 Å². The summed E-state index contributed by atoms with van der Waals surface area (Å²) in [6.45, 7) is 5.20. The molecule has 1 saturated heterocycles. The average Bonchev–Trinajstić information content (AvgIpc) is 3.06. The number of ether oxygens (including phenoxy) is 2. The molecular weight excluding hydrogens is 332 g/mol. The van der Waals surface area contributed by atoms with E-state index in [9.17, 15) is 0 Å². The van der Waals surface area contributed by atoms with Crippen LogP contribution in [0.25, 0.3) is 0 Å². The van der Waals surface area contributed by atoms with Gasteiger partial charge in [-0.05, 0) is 38.3 Å². The molecular formula is C15H22N4O2S2. The maximum Gasteiger partial charge on any atom is 0.179 e. The highest BCUT2D eigenvalue weighted by Gasteiger charge is 2.41. The van der Waals surface area contributed by atoms with Crippen molar-refractivity contribution in [3.63, 3.8) is 0 Å². The molecule has 0 aliphatic carbocycles. The Hall–Kier alpha value is -1.22. The summed E-state index contributed by atoms with van der Waals surface area (Å²) in [6.07, 6.45) is 7.68. The largest absolute Gasteiger partial charge is 0.343 e. The summed E-state index contributed by atoms with van der Waals surface area (Å²) in [4.78, 5) is 0. The lowest BCUT2D eigenvalue weighted by Crippen LogP contribution is -2.31. The Bertz CT molecular complexity index is 748. The maximum absolute atomic E-state index is 6.10. The first-order valence-electron chi connectivity index (χ1n) is 7.56. The highest BCUT2D eigenvalue weighted by Crippen LogP contribution is 2.30. The van der Waals surface area contributed by atoms with Crippen molar-refractivity contribution in [2.45, 2.75) is 44.9 Å². The molecule has 2 atom stereocenters. The van der Waals surface area contributed by atoms with Gasteiger partial charge < -0.3 is 27.7 Å². The quantitative estimate of drug-likeness (QED) is 0.791. The van der Waals surface area contributed by atoms with Crippen LogP contribution in [0.5, 0.6) is 0 Å². The van der Waals surface area contributed by atoms with E-state index in [2.05, 4.69) is 0 Å². The van der Waals surface area contributed by atoms with E-state index in [1.165, 1.54) is 0 Å². The predicted molar refractivity (Wildman–Crippen MR) is 92.3 cm³/mol. The highest BCUT2D eigenvalue weighted by atomic mass is 32.1. The molecule has 0 saturated carbocycles. The van der Waals surface area contributed by atoms with Crippen LogP contribution in [0, 0.1) is 9.54 Å². The molecule has 0 unspecified atom stereocenters. The van der Waals surface area contributed by atoms with Crippen LogP contribution in [0.15, 0.2) is 24.8 Å². The molecule has 2 aromatic rings. The van der Waals surface area contributed by atoms with Crippen molar-refractivity contribution in [2.24, 2.45) is 14.1 Å². The molecule has 0 aromatic carbocycles. The second-order valence-corrected chi connectivity index (χ2v) is 7.13. The highest BCUT2D eigenvalue weighted by molar-refractivity contribution is 7.71. The lowest BCUT2D eigenvalue weighted by atomic mass is 10.2. The molecule has 2 aromatic heterocycles. The zero-order valence-electron chi connectivity index (χ0n) is 13.8. The summed E-state index contributed by atoms with van der Waals surface area (Å²) in [5, 5.41) is 0. The van der Waals surface area contributed by atoms with E-state index in [1.54, 1.807) is 0 Å². The fraction of sp³-hybridized carbons (Fsp3) is 0.600. The minimum absolute atomic E-state index is 0.0822. The molecule has 126 valence electrons. The zero-order chi connectivity index (χ0) is 16.8. The monoisotopic (exact) mass is 354 g/mol. The van der Waals surface area contributed by atoms with Gasteiger partial charge in [0, 0.05) is 38.9 Å². The number of imidazole rings is 2. The molecule has 1 aliphatic rings. The molecule has 0 radical (unpaired) electrons. The maximum atomic E-state index is 6.10. The standard InChI is InChI=1S/C15H22N4O2S2/c1-15(2)20-11(9-18-7-5-16(3)13(18)22)12(21-15)10-19-8-6-17(4)14(19)23/h5-8,11-12H,9-10H2,1-4H3/t11-,12-/m0/s1. The van der Waals surface area contributed by atoms with Crippen molar-refractivity contribution in [1.82, 2.24) is 18.3 Å². The van der Waals surface area contributed by atoms with E-state index < -0.39 is 5.79 Å². The van der Waals surface area contributed by atoms with Crippen LogP contribution in [-0.4, -0.2) is 36.3 Å². The van der Waals surface area contributed by atoms with Gasteiger partial charge in [-0.3, -0.25) is 0 Å². The topological polar surface area (TPSA) is 38.2 Å². The number of aromatic nitrogens is 4. The molecule has 6 nitrogen and oxygen atoms in total. The van der Waals surface area contributed by atoms with Gasteiger partial charge in [0.2, 0.25) is 0 Å². The SMILES string of the molecule is Cn1ccn(C[C@@H]2OC(C)(C)O[C@H]2Cn2ccn(C)c2=S)c1=S. The fourth-order valence-electron chi connectivity index (χ4n) is 2.91. The van der Waals surface area contributed by atoms with Crippen LogP contribution in [0.3, 0.4) is 0 Å². The minimum Gasteiger partial charge on any atom is -0.343 e. The molecule has 0 bridgehead atoms. The summed E-state index contributed by atoms with van der Waals surface area (Å²) < 4.78 is 21.6. The Morgan fingerprint density at radius 2 is 1.26 bits per heavy atom. The minimum atomic E-state index is -0.608. The van der Waals surface area contributed by atoms with Crippen molar-refractivity contribution < 1.29 is 9.47 Å². The van der Waals surface area contributed by atoms with Crippen molar-refractivity contribution in [3.8, 4) is 0 Å². The Kier molecular flexibility index (Phi) is 4.35. The number of aryl methyl sites for hydroxylation is 2. The first kappa shape index (κ1) is 16.6. The first-order chi connectivity index (χ1) is 10.8. The summed E-state index contributed by atoms with van der Waals surface area (Å²) in [5.41, 5.74) is 0. The number of rotatable bonds is 4. The van der Waals surface area contributed by atoms with Crippen molar-refractivity contribution in [1.29, 1.82) is 0 Å². The fourth-order valence-corrected chi connectivity index (χ4v) is 3.30. The van der Waals surface area contributed by atoms with Crippen LogP contribution in [0.1, 0.15) is 13.8 Å². The van der Waals surface area contributed by atoms with E-state index in [4.69, 9.17) is 33.9 Å². The summed E-state index contributed by atoms with van der Waals surface area (Å²) in [7, 11) is 3.88. The smallest absolute Gasteiger partial charge is 0.179 e. The molecule has 1 aliphatic heterocycles. The Labute approximate surface area is 145 Å². The van der Waals surface area contributed by atoms with Crippen molar-refractivity contribution in [2.75, 3.05) is 0 Å². The summed E-state index contributed by atoms with van der Waals surface area (Å²) in [5.74, 6) is -0.608. The van der Waals surface area contributed by atoms with Gasteiger partial charge in [0.1, 0.15) is 12.2 Å². The molecule has 1 fully saturated rings. The van der Waals surface area contributed by atoms with E-state index in [-0.39, 0.29) is 12.2 Å². The van der Waals surface area contributed by atoms with Gasteiger partial charge in [-0.2, -0.15) is 0 Å². The second-order valence-electron chi connectivity index (χ2n) is 6.40. The first-order valence-corrected chi connectivity index (χ1v) is 8.37. The van der Waals surface area contributed by atoms with Crippen LogP contribution in [0.4, 0.5) is 0 Å². The molecule has 0 N–H and O–H groups in total. The Morgan fingerprint density at radius 3 is 1.57 bits per heavy atom. The number of hydrogen-bond acceptors (Lipinski definition) is 4. The molecule has 3 heterocycles. The van der Waals surface area contributed by atoms with E-state index in [0.717, 1.165) is 9.54 Å². The molecule has 8 heteroatoms. The van der Waals surface area contributed by atoms with Crippen molar-refractivity contribution in [3.05, 3.63) is 34.3 Å². The lowest BCUT2D eigenvalue weighted by molar-refractivity contribution is -0.148. The third-order valence-electron chi connectivity index (χ3n) is 4.07. The van der Waals surface area contributed by atoms with Crippen LogP contribution in [-0.2, 0) is 36.7 Å². The normalized spacial score (nSPS) is 23.5.